The Balaban J connectivity index is 0.00000306. The number of nitrogens with one attached hydrogen (secondary N) is 1. The molecular weight excluding hydrogens is 459 g/mol. The van der Waals surface area contributed by atoms with Crippen LogP contribution in [0.4, 0.5) is 13.2 Å². The Morgan fingerprint density at radius 1 is 1.15 bits per heavy atom. The van der Waals surface area contributed by atoms with E-state index in [1.807, 2.05) is 6.20 Å². The Bertz CT molecular complexity index is 1180. The summed E-state index contributed by atoms with van der Waals surface area (Å²) in [4.78, 5) is 20.2. The Morgan fingerprint density at radius 3 is 2.39 bits per heavy atom. The van der Waals surface area contributed by atoms with Gasteiger partial charge in [0.05, 0.1) is 11.3 Å². The smallest absolute Gasteiger partial charge is 0.386 e. The first kappa shape index (κ1) is 24.9. The van der Waals surface area contributed by atoms with E-state index in [4.69, 9.17) is 10.7 Å². The van der Waals surface area contributed by atoms with Crippen molar-refractivity contribution in [3.8, 4) is 11.1 Å². The molecule has 1 aliphatic heterocycles. The van der Waals surface area contributed by atoms with Crippen LogP contribution < -0.4 is 11.1 Å². The molecule has 0 aromatic carbocycles. The monoisotopic (exact) mass is 483 g/mol. The molecule has 4 heterocycles. The van der Waals surface area contributed by atoms with E-state index in [-0.39, 0.29) is 18.0 Å². The van der Waals surface area contributed by atoms with E-state index in [1.165, 1.54) is 0 Å². The Labute approximate surface area is 194 Å². The molecule has 1 fully saturated rings. The SMILES string of the molecule is CC(C)(O)c1cc2nc(C3CCNCC3)cn2cc1-c1ccc(C(F)(F)F)nc1C(N)=O.Cl. The van der Waals surface area contributed by atoms with E-state index >= 15 is 0 Å². The van der Waals surface area contributed by atoms with Crippen molar-refractivity contribution in [2.45, 2.75) is 44.4 Å². The molecule has 0 unspecified atom stereocenters. The number of halogens is 4. The van der Waals surface area contributed by atoms with Gasteiger partial charge < -0.3 is 20.6 Å². The molecule has 1 aliphatic rings. The second-order valence-electron chi connectivity index (χ2n) is 8.57. The number of fused-ring (bicyclic) bond motifs is 1. The van der Waals surface area contributed by atoms with Crippen LogP contribution >= 0.6 is 12.4 Å². The predicted molar refractivity (Wildman–Crippen MR) is 119 cm³/mol. The molecule has 4 N–H and O–H groups in total. The predicted octanol–water partition coefficient (Wildman–Crippen LogP) is 3.63. The summed E-state index contributed by atoms with van der Waals surface area (Å²) in [5.41, 5.74) is 4.67. The highest BCUT2D eigenvalue weighted by Gasteiger charge is 2.34. The Kier molecular flexibility index (Phi) is 6.74. The maximum atomic E-state index is 13.2. The summed E-state index contributed by atoms with van der Waals surface area (Å²) in [6.07, 6.45) is 0.703. The third-order valence-electron chi connectivity index (χ3n) is 5.74. The van der Waals surface area contributed by atoms with Crippen molar-refractivity contribution in [1.29, 1.82) is 0 Å². The molecule has 3 aromatic heterocycles. The van der Waals surface area contributed by atoms with Gasteiger partial charge in [0.1, 0.15) is 17.0 Å². The molecular formula is C22H25ClF3N5O2. The molecule has 0 spiro atoms. The van der Waals surface area contributed by atoms with Crippen molar-refractivity contribution in [2.75, 3.05) is 13.1 Å². The first-order valence-electron chi connectivity index (χ1n) is 10.3. The zero-order valence-electron chi connectivity index (χ0n) is 18.1. The summed E-state index contributed by atoms with van der Waals surface area (Å²) in [6.45, 7) is 4.91. The maximum absolute atomic E-state index is 13.2. The summed E-state index contributed by atoms with van der Waals surface area (Å²) >= 11 is 0. The lowest BCUT2D eigenvalue weighted by Crippen LogP contribution is -2.26. The standard InChI is InChI=1S/C22H24F3N5O2.ClH/c1-21(2,32)15-9-18-28-16(12-5-7-27-8-6-12)11-30(18)10-14(15)13-3-4-17(22(23,24)25)29-19(13)20(26)31;/h3-4,9-12,27,32H,5-8H2,1-2H3,(H2,26,31);1H. The second-order valence-corrected chi connectivity index (χ2v) is 8.57. The number of hydrogen-bond donors (Lipinski definition) is 3. The molecule has 0 bridgehead atoms. The quantitative estimate of drug-likeness (QED) is 0.525. The summed E-state index contributed by atoms with van der Waals surface area (Å²) in [5.74, 6) is -0.798. The molecule has 1 saturated heterocycles. The van der Waals surface area contributed by atoms with Gasteiger partial charge in [-0.05, 0) is 63.5 Å². The van der Waals surface area contributed by atoms with Crippen LogP contribution in [-0.4, -0.2) is 38.5 Å². The Morgan fingerprint density at radius 2 is 1.82 bits per heavy atom. The number of aromatic nitrogens is 3. The van der Waals surface area contributed by atoms with Crippen LogP contribution in [0.1, 0.15) is 60.0 Å². The summed E-state index contributed by atoms with van der Waals surface area (Å²) in [6, 6.07) is 3.65. The molecule has 4 rings (SSSR count). The lowest BCUT2D eigenvalue weighted by atomic mass is 9.90. The zero-order valence-corrected chi connectivity index (χ0v) is 18.9. The Hall–Kier alpha value is -2.69. The van der Waals surface area contributed by atoms with E-state index in [9.17, 15) is 23.1 Å². The van der Waals surface area contributed by atoms with Crippen LogP contribution in [0.2, 0.25) is 0 Å². The number of rotatable bonds is 4. The number of pyridine rings is 2. The summed E-state index contributed by atoms with van der Waals surface area (Å²) in [5, 5.41) is 14.1. The minimum Gasteiger partial charge on any atom is -0.386 e. The number of nitrogens with two attached hydrogens (primary N) is 1. The molecule has 7 nitrogen and oxygen atoms in total. The lowest BCUT2D eigenvalue weighted by molar-refractivity contribution is -0.141. The van der Waals surface area contributed by atoms with Crippen LogP contribution in [0.15, 0.2) is 30.6 Å². The number of carbonyl (C=O) groups is 1. The average molecular weight is 484 g/mol. The highest BCUT2D eigenvalue weighted by molar-refractivity contribution is 5.98. The van der Waals surface area contributed by atoms with Crippen molar-refractivity contribution in [3.63, 3.8) is 0 Å². The maximum Gasteiger partial charge on any atom is 0.433 e. The third kappa shape index (κ3) is 4.97. The molecule has 0 saturated carbocycles. The van der Waals surface area contributed by atoms with E-state index in [1.54, 1.807) is 30.5 Å². The number of aliphatic hydroxyl groups is 1. The molecule has 11 heteroatoms. The van der Waals surface area contributed by atoms with Crippen molar-refractivity contribution in [3.05, 3.63) is 53.2 Å². The number of carbonyl (C=O) groups excluding carboxylic acids is 1. The number of primary amides is 1. The third-order valence-corrected chi connectivity index (χ3v) is 5.74. The van der Waals surface area contributed by atoms with Gasteiger partial charge in [-0.1, -0.05) is 0 Å². The minimum atomic E-state index is -4.72. The van der Waals surface area contributed by atoms with Gasteiger partial charge in [-0.3, -0.25) is 4.79 Å². The number of hydrogen-bond acceptors (Lipinski definition) is 5. The molecule has 1 amide bonds. The number of piperidine rings is 1. The van der Waals surface area contributed by atoms with Crippen LogP contribution in [0.25, 0.3) is 16.8 Å². The van der Waals surface area contributed by atoms with Crippen molar-refractivity contribution in [2.24, 2.45) is 5.73 Å². The topological polar surface area (TPSA) is 106 Å². The van der Waals surface area contributed by atoms with Crippen LogP contribution in [0.3, 0.4) is 0 Å². The van der Waals surface area contributed by atoms with Crippen molar-refractivity contribution in [1.82, 2.24) is 19.7 Å². The highest BCUT2D eigenvalue weighted by Crippen LogP contribution is 2.37. The van der Waals surface area contributed by atoms with Gasteiger partial charge in [-0.15, -0.1) is 12.4 Å². The van der Waals surface area contributed by atoms with Gasteiger partial charge in [0.2, 0.25) is 0 Å². The molecule has 178 valence electrons. The fourth-order valence-electron chi connectivity index (χ4n) is 4.11. The molecule has 3 aromatic rings. The van der Waals surface area contributed by atoms with Gasteiger partial charge in [-0.2, -0.15) is 13.2 Å². The second kappa shape index (κ2) is 8.92. The van der Waals surface area contributed by atoms with Gasteiger partial charge in [0.25, 0.3) is 5.91 Å². The van der Waals surface area contributed by atoms with Gasteiger partial charge in [-0.25, -0.2) is 9.97 Å². The fourth-order valence-corrected chi connectivity index (χ4v) is 4.11. The summed E-state index contributed by atoms with van der Waals surface area (Å²) in [7, 11) is 0. The van der Waals surface area contributed by atoms with Gasteiger partial charge in [0.15, 0.2) is 0 Å². The highest BCUT2D eigenvalue weighted by atomic mass is 35.5. The molecule has 33 heavy (non-hydrogen) atoms. The van der Waals surface area contributed by atoms with Crippen LogP contribution in [-0.2, 0) is 11.8 Å². The van der Waals surface area contributed by atoms with Gasteiger partial charge >= 0.3 is 6.18 Å². The van der Waals surface area contributed by atoms with E-state index in [2.05, 4.69) is 10.3 Å². The number of amides is 1. The van der Waals surface area contributed by atoms with Crippen molar-refractivity contribution < 1.29 is 23.1 Å². The fraction of sp³-hybridized carbons (Fsp3) is 0.409. The zero-order chi connectivity index (χ0) is 23.3. The first-order valence-corrected chi connectivity index (χ1v) is 10.3. The van der Waals surface area contributed by atoms with Crippen LogP contribution in [0.5, 0.6) is 0 Å². The first-order chi connectivity index (χ1) is 14.9. The van der Waals surface area contributed by atoms with Gasteiger partial charge in [0, 0.05) is 29.4 Å². The van der Waals surface area contributed by atoms with Crippen LogP contribution in [0, 0.1) is 0 Å². The van der Waals surface area contributed by atoms with E-state index < -0.39 is 29.1 Å². The molecule has 0 radical (unpaired) electrons. The minimum absolute atomic E-state index is 0. The number of nitrogens with zero attached hydrogens (tertiary/aromatic N) is 3. The lowest BCUT2D eigenvalue weighted by Gasteiger charge is -2.23. The number of imidazole rings is 1. The molecule has 0 aliphatic carbocycles. The number of alkyl halides is 3. The van der Waals surface area contributed by atoms with E-state index in [0.717, 1.165) is 43.8 Å². The molecule has 0 atom stereocenters. The normalized spacial score (nSPS) is 15.5. The van der Waals surface area contributed by atoms with Crippen molar-refractivity contribution >= 4 is 24.0 Å². The largest absolute Gasteiger partial charge is 0.433 e. The summed E-state index contributed by atoms with van der Waals surface area (Å²) < 4.78 is 41.2. The van der Waals surface area contributed by atoms with E-state index in [0.29, 0.717) is 22.7 Å². The average Bonchev–Trinajstić information content (AvgIpc) is 3.15.